The maximum absolute atomic E-state index is 5.79. The van der Waals surface area contributed by atoms with Crippen molar-refractivity contribution in [3.63, 3.8) is 0 Å². The lowest BCUT2D eigenvalue weighted by Gasteiger charge is -2.35. The van der Waals surface area contributed by atoms with Crippen LogP contribution in [-0.2, 0) is 5.41 Å². The molecule has 1 rings (SSSR count). The van der Waals surface area contributed by atoms with E-state index in [0.717, 1.165) is 12.2 Å². The molecule has 0 unspecified atom stereocenters. The lowest BCUT2D eigenvalue weighted by molar-refractivity contribution is 0.178. The van der Waals surface area contributed by atoms with Crippen LogP contribution in [0.3, 0.4) is 0 Å². The van der Waals surface area contributed by atoms with Crippen molar-refractivity contribution in [2.24, 2.45) is 0 Å². The highest BCUT2D eigenvalue weighted by Gasteiger charge is 2.25. The van der Waals surface area contributed by atoms with Crippen LogP contribution < -0.4 is 5.73 Å². The molecule has 0 spiro atoms. The van der Waals surface area contributed by atoms with Gasteiger partial charge in [-0.05, 0) is 44.5 Å². The van der Waals surface area contributed by atoms with Crippen LogP contribution in [0.5, 0.6) is 0 Å². The first-order chi connectivity index (χ1) is 9.36. The zero-order valence-corrected chi connectivity index (χ0v) is 13.9. The summed E-state index contributed by atoms with van der Waals surface area (Å²) in [5.74, 6) is 0. The van der Waals surface area contributed by atoms with Crippen LogP contribution in [0.1, 0.15) is 59.4 Å². The van der Waals surface area contributed by atoms with Gasteiger partial charge in [0.2, 0.25) is 0 Å². The molecule has 0 saturated carbocycles. The molecule has 0 aliphatic heterocycles. The molecular formula is C18H32N2. The third kappa shape index (κ3) is 5.16. The largest absolute Gasteiger partial charge is 0.399 e. The Bertz CT molecular complexity index is 379. The number of anilines is 1. The summed E-state index contributed by atoms with van der Waals surface area (Å²) in [5.41, 5.74) is 8.16. The van der Waals surface area contributed by atoms with Gasteiger partial charge in [-0.15, -0.1) is 0 Å². The molecule has 114 valence electrons. The molecule has 2 heteroatoms. The van der Waals surface area contributed by atoms with Crippen molar-refractivity contribution in [3.05, 3.63) is 29.8 Å². The molecule has 0 heterocycles. The van der Waals surface area contributed by atoms with Gasteiger partial charge in [-0.2, -0.15) is 0 Å². The second kappa shape index (κ2) is 7.68. The van der Waals surface area contributed by atoms with Crippen molar-refractivity contribution < 1.29 is 0 Å². The molecule has 0 saturated heterocycles. The van der Waals surface area contributed by atoms with Crippen LogP contribution in [0, 0.1) is 0 Å². The monoisotopic (exact) mass is 276 g/mol. The van der Waals surface area contributed by atoms with Crippen molar-refractivity contribution >= 4 is 5.69 Å². The van der Waals surface area contributed by atoms with Crippen molar-refractivity contribution in [2.45, 2.75) is 65.3 Å². The maximum Gasteiger partial charge on any atom is 0.0314 e. The topological polar surface area (TPSA) is 29.3 Å². The molecule has 0 atom stereocenters. The minimum atomic E-state index is 0.157. The smallest absolute Gasteiger partial charge is 0.0314 e. The average molecular weight is 276 g/mol. The molecule has 1 aromatic carbocycles. The van der Waals surface area contributed by atoms with Gasteiger partial charge in [0.25, 0.3) is 0 Å². The quantitative estimate of drug-likeness (QED) is 0.561. The number of benzene rings is 1. The molecule has 0 aliphatic carbocycles. The summed E-state index contributed by atoms with van der Waals surface area (Å²) in [6.45, 7) is 13.8. The fourth-order valence-corrected chi connectivity index (χ4v) is 2.62. The summed E-state index contributed by atoms with van der Waals surface area (Å²) < 4.78 is 0. The second-order valence-corrected chi connectivity index (χ2v) is 6.78. The van der Waals surface area contributed by atoms with E-state index in [9.17, 15) is 0 Å². The molecule has 0 fully saturated rings. The Morgan fingerprint density at radius 2 is 1.70 bits per heavy atom. The first-order valence-corrected chi connectivity index (χ1v) is 7.97. The number of nitrogens with zero attached hydrogens (tertiary/aromatic N) is 1. The third-order valence-electron chi connectivity index (χ3n) is 4.07. The molecular weight excluding hydrogens is 244 g/mol. The Morgan fingerprint density at radius 3 is 2.20 bits per heavy atom. The summed E-state index contributed by atoms with van der Waals surface area (Å²) in [4.78, 5) is 2.60. The Morgan fingerprint density at radius 1 is 1.10 bits per heavy atom. The van der Waals surface area contributed by atoms with Crippen molar-refractivity contribution in [1.82, 2.24) is 4.90 Å². The molecule has 0 aromatic heterocycles. The van der Waals surface area contributed by atoms with E-state index in [1.165, 1.54) is 31.4 Å². The Balaban J connectivity index is 2.72. The zero-order valence-electron chi connectivity index (χ0n) is 13.9. The van der Waals surface area contributed by atoms with Gasteiger partial charge in [0.05, 0.1) is 0 Å². The number of hydrogen-bond donors (Lipinski definition) is 1. The van der Waals surface area contributed by atoms with Crippen molar-refractivity contribution in [1.29, 1.82) is 0 Å². The van der Waals surface area contributed by atoms with Crippen LogP contribution >= 0.6 is 0 Å². The predicted molar refractivity (Wildman–Crippen MR) is 90.1 cm³/mol. The predicted octanol–water partition coefficient (Wildman–Crippen LogP) is 4.45. The van der Waals surface area contributed by atoms with E-state index in [1.54, 1.807) is 0 Å². The highest BCUT2D eigenvalue weighted by molar-refractivity contribution is 5.41. The van der Waals surface area contributed by atoms with Gasteiger partial charge in [-0.25, -0.2) is 0 Å². The Hall–Kier alpha value is -1.02. The SMILES string of the molecule is CCCCCN(CC(C)(C)c1ccc(N)cc1)C(C)C. The minimum Gasteiger partial charge on any atom is -0.399 e. The number of unbranched alkanes of at least 4 members (excludes halogenated alkanes) is 2. The van der Waals surface area contributed by atoms with E-state index < -0.39 is 0 Å². The van der Waals surface area contributed by atoms with Gasteiger partial charge >= 0.3 is 0 Å². The third-order valence-corrected chi connectivity index (χ3v) is 4.07. The standard InChI is InChI=1S/C18H32N2/c1-6-7-8-13-20(15(2)3)14-18(4,5)16-9-11-17(19)12-10-16/h9-12,15H,6-8,13-14,19H2,1-5H3. The average Bonchev–Trinajstić information content (AvgIpc) is 2.38. The first kappa shape index (κ1) is 17.0. The summed E-state index contributed by atoms with van der Waals surface area (Å²) in [6, 6.07) is 8.95. The molecule has 0 aliphatic rings. The summed E-state index contributed by atoms with van der Waals surface area (Å²) >= 11 is 0. The van der Waals surface area contributed by atoms with Crippen LogP contribution in [0.15, 0.2) is 24.3 Å². The van der Waals surface area contributed by atoms with E-state index >= 15 is 0 Å². The number of rotatable bonds is 8. The lowest BCUT2D eigenvalue weighted by Crippen LogP contribution is -2.41. The highest BCUT2D eigenvalue weighted by atomic mass is 15.1. The van der Waals surface area contributed by atoms with E-state index in [2.05, 4.69) is 51.7 Å². The van der Waals surface area contributed by atoms with Gasteiger partial charge in [-0.1, -0.05) is 45.7 Å². The molecule has 2 N–H and O–H groups in total. The van der Waals surface area contributed by atoms with E-state index in [0.29, 0.717) is 6.04 Å². The summed E-state index contributed by atoms with van der Waals surface area (Å²) in [5, 5.41) is 0. The van der Waals surface area contributed by atoms with E-state index in [1.807, 2.05) is 12.1 Å². The van der Waals surface area contributed by atoms with Gasteiger partial charge in [0, 0.05) is 23.7 Å². The lowest BCUT2D eigenvalue weighted by atomic mass is 9.83. The van der Waals surface area contributed by atoms with Gasteiger partial charge in [0.15, 0.2) is 0 Å². The van der Waals surface area contributed by atoms with Crippen molar-refractivity contribution in [2.75, 3.05) is 18.8 Å². The second-order valence-electron chi connectivity index (χ2n) is 6.78. The van der Waals surface area contributed by atoms with Crippen LogP contribution in [0.2, 0.25) is 0 Å². The van der Waals surface area contributed by atoms with Crippen LogP contribution in [0.25, 0.3) is 0 Å². The molecule has 0 radical (unpaired) electrons. The highest BCUT2D eigenvalue weighted by Crippen LogP contribution is 2.26. The van der Waals surface area contributed by atoms with Gasteiger partial charge < -0.3 is 10.6 Å². The molecule has 0 amide bonds. The molecule has 0 bridgehead atoms. The Labute approximate surface area is 125 Å². The summed E-state index contributed by atoms with van der Waals surface area (Å²) in [7, 11) is 0. The van der Waals surface area contributed by atoms with Gasteiger partial charge in [-0.3, -0.25) is 0 Å². The van der Waals surface area contributed by atoms with Gasteiger partial charge in [0.1, 0.15) is 0 Å². The fourth-order valence-electron chi connectivity index (χ4n) is 2.62. The number of nitrogens with two attached hydrogens (primary N) is 1. The molecule has 2 nitrogen and oxygen atoms in total. The minimum absolute atomic E-state index is 0.157. The van der Waals surface area contributed by atoms with E-state index in [4.69, 9.17) is 5.73 Å². The number of nitrogen functional groups attached to an aromatic ring is 1. The van der Waals surface area contributed by atoms with Crippen LogP contribution in [-0.4, -0.2) is 24.0 Å². The number of hydrogen-bond acceptors (Lipinski definition) is 2. The summed E-state index contributed by atoms with van der Waals surface area (Å²) in [6.07, 6.45) is 3.91. The first-order valence-electron chi connectivity index (χ1n) is 7.97. The zero-order chi connectivity index (χ0) is 15.2. The maximum atomic E-state index is 5.79. The normalized spacial score (nSPS) is 12.3. The molecule has 20 heavy (non-hydrogen) atoms. The van der Waals surface area contributed by atoms with E-state index in [-0.39, 0.29) is 5.41 Å². The fraction of sp³-hybridized carbons (Fsp3) is 0.667. The van der Waals surface area contributed by atoms with Crippen molar-refractivity contribution in [3.8, 4) is 0 Å². The Kier molecular flexibility index (Phi) is 6.54. The van der Waals surface area contributed by atoms with Crippen LogP contribution in [0.4, 0.5) is 5.69 Å². The molecule has 1 aromatic rings.